The zero-order chi connectivity index (χ0) is 19.6. The normalized spacial score (nSPS) is 10.8. The molecule has 0 aliphatic carbocycles. The van der Waals surface area contributed by atoms with E-state index in [4.69, 9.17) is 0 Å². The van der Waals surface area contributed by atoms with Crippen molar-refractivity contribution in [1.29, 1.82) is 0 Å². The van der Waals surface area contributed by atoms with E-state index in [0.717, 1.165) is 11.2 Å². The fraction of sp³-hybridized carbons (Fsp3) is 0.200. The maximum Gasteiger partial charge on any atom is 0.243 e. The van der Waals surface area contributed by atoms with Gasteiger partial charge in [0.1, 0.15) is 11.6 Å². The Morgan fingerprint density at radius 1 is 1.11 bits per heavy atom. The van der Waals surface area contributed by atoms with Gasteiger partial charge in [-0.25, -0.2) is 8.78 Å². The maximum absolute atomic E-state index is 13.5. The Labute approximate surface area is 155 Å². The summed E-state index contributed by atoms with van der Waals surface area (Å²) < 4.78 is 26.7. The molecule has 5 nitrogen and oxygen atoms in total. The molecule has 140 valence electrons. The van der Waals surface area contributed by atoms with E-state index in [1.807, 2.05) is 6.92 Å². The molecule has 2 aromatic carbocycles. The SMILES string of the molecule is Cc1[nH]c2ccc(F)cc2c1CC(=O)N(C)CC(=O)Nc1cccc(F)c1. The number of anilines is 1. The summed E-state index contributed by atoms with van der Waals surface area (Å²) in [5, 5.41) is 3.20. The zero-order valence-electron chi connectivity index (χ0n) is 15.0. The number of carbonyl (C=O) groups is 2. The first-order valence-electron chi connectivity index (χ1n) is 8.39. The number of amides is 2. The minimum atomic E-state index is -0.459. The predicted molar refractivity (Wildman–Crippen MR) is 99.4 cm³/mol. The van der Waals surface area contributed by atoms with Crippen LogP contribution in [0.3, 0.4) is 0 Å². The number of nitrogens with zero attached hydrogens (tertiary/aromatic N) is 1. The van der Waals surface area contributed by atoms with Gasteiger partial charge in [-0.2, -0.15) is 0 Å². The minimum absolute atomic E-state index is 0.0407. The molecule has 1 aromatic heterocycles. The van der Waals surface area contributed by atoms with Crippen molar-refractivity contribution in [3.05, 3.63) is 65.4 Å². The lowest BCUT2D eigenvalue weighted by molar-refractivity contribution is -0.132. The van der Waals surface area contributed by atoms with Crippen molar-refractivity contribution >= 4 is 28.4 Å². The van der Waals surface area contributed by atoms with Crippen LogP contribution in [0.5, 0.6) is 0 Å². The number of benzene rings is 2. The van der Waals surface area contributed by atoms with Gasteiger partial charge in [0.2, 0.25) is 11.8 Å². The molecule has 0 aliphatic heterocycles. The van der Waals surface area contributed by atoms with Crippen LogP contribution in [0.25, 0.3) is 10.9 Å². The highest BCUT2D eigenvalue weighted by atomic mass is 19.1. The number of likely N-dealkylation sites (N-methyl/N-ethyl adjacent to an activating group) is 1. The summed E-state index contributed by atoms with van der Waals surface area (Å²) in [6, 6.07) is 9.89. The summed E-state index contributed by atoms with van der Waals surface area (Å²) in [6.45, 7) is 1.64. The van der Waals surface area contributed by atoms with E-state index >= 15 is 0 Å². The van der Waals surface area contributed by atoms with Gasteiger partial charge in [-0.3, -0.25) is 9.59 Å². The molecule has 0 unspecified atom stereocenters. The number of fused-ring (bicyclic) bond motifs is 1. The molecule has 0 atom stereocenters. The smallest absolute Gasteiger partial charge is 0.243 e. The van der Waals surface area contributed by atoms with Gasteiger partial charge in [-0.1, -0.05) is 6.07 Å². The van der Waals surface area contributed by atoms with Gasteiger partial charge in [0.25, 0.3) is 0 Å². The minimum Gasteiger partial charge on any atom is -0.358 e. The molecule has 3 aromatic rings. The Hall–Kier alpha value is -3.22. The van der Waals surface area contributed by atoms with Crippen LogP contribution >= 0.6 is 0 Å². The van der Waals surface area contributed by atoms with Gasteiger partial charge in [-0.05, 0) is 48.9 Å². The molecule has 0 saturated heterocycles. The van der Waals surface area contributed by atoms with E-state index in [9.17, 15) is 18.4 Å². The number of carbonyl (C=O) groups excluding carboxylic acids is 2. The monoisotopic (exact) mass is 371 g/mol. The lowest BCUT2D eigenvalue weighted by Gasteiger charge is -2.17. The van der Waals surface area contributed by atoms with E-state index in [1.165, 1.54) is 42.3 Å². The molecule has 0 aliphatic rings. The molecule has 27 heavy (non-hydrogen) atoms. The number of aromatic nitrogens is 1. The van der Waals surface area contributed by atoms with Crippen molar-refractivity contribution in [3.8, 4) is 0 Å². The van der Waals surface area contributed by atoms with Gasteiger partial charge in [0.15, 0.2) is 0 Å². The molecule has 2 amide bonds. The summed E-state index contributed by atoms with van der Waals surface area (Å²) in [5.41, 5.74) is 2.56. The number of halogens is 2. The Kier molecular flexibility index (Phi) is 5.21. The maximum atomic E-state index is 13.5. The van der Waals surface area contributed by atoms with Crippen molar-refractivity contribution in [2.75, 3.05) is 18.9 Å². The average molecular weight is 371 g/mol. The van der Waals surface area contributed by atoms with Gasteiger partial charge in [0, 0.05) is 29.3 Å². The third kappa shape index (κ3) is 4.31. The van der Waals surface area contributed by atoms with Crippen LogP contribution in [0.2, 0.25) is 0 Å². The van der Waals surface area contributed by atoms with Crippen molar-refractivity contribution in [2.45, 2.75) is 13.3 Å². The largest absolute Gasteiger partial charge is 0.358 e. The zero-order valence-corrected chi connectivity index (χ0v) is 15.0. The number of nitrogens with one attached hydrogen (secondary N) is 2. The van der Waals surface area contributed by atoms with E-state index < -0.39 is 11.7 Å². The van der Waals surface area contributed by atoms with Crippen LogP contribution in [-0.4, -0.2) is 35.3 Å². The van der Waals surface area contributed by atoms with Crippen LogP contribution in [0.4, 0.5) is 14.5 Å². The standard InChI is InChI=1S/C20H19F2N3O2/c1-12-16(17-9-14(22)6-7-18(17)23-12)10-20(27)25(2)11-19(26)24-15-5-3-4-13(21)8-15/h3-9,23H,10-11H2,1-2H3,(H,24,26). The summed E-state index contributed by atoms with van der Waals surface area (Å²) in [6.07, 6.45) is 0.0407. The second kappa shape index (κ2) is 7.57. The quantitative estimate of drug-likeness (QED) is 0.722. The van der Waals surface area contributed by atoms with Crippen LogP contribution in [0, 0.1) is 18.6 Å². The number of aromatic amines is 1. The predicted octanol–water partition coefficient (Wildman–Crippen LogP) is 3.39. The molecule has 0 bridgehead atoms. The van der Waals surface area contributed by atoms with Gasteiger partial charge in [0.05, 0.1) is 13.0 Å². The fourth-order valence-electron chi connectivity index (χ4n) is 2.94. The van der Waals surface area contributed by atoms with Crippen LogP contribution in [0.15, 0.2) is 42.5 Å². The molecule has 3 rings (SSSR count). The first-order valence-corrected chi connectivity index (χ1v) is 8.39. The van der Waals surface area contributed by atoms with E-state index in [1.54, 1.807) is 12.1 Å². The molecule has 0 radical (unpaired) electrons. The second-order valence-electron chi connectivity index (χ2n) is 6.40. The second-order valence-corrected chi connectivity index (χ2v) is 6.40. The number of hydrogen-bond acceptors (Lipinski definition) is 2. The van der Waals surface area contributed by atoms with Gasteiger partial charge in [-0.15, -0.1) is 0 Å². The summed E-state index contributed by atoms with van der Waals surface area (Å²) in [7, 11) is 1.51. The highest BCUT2D eigenvalue weighted by Crippen LogP contribution is 2.24. The number of rotatable bonds is 5. The molecule has 2 N–H and O–H groups in total. The van der Waals surface area contributed by atoms with Crippen molar-refractivity contribution < 1.29 is 18.4 Å². The Balaban J connectivity index is 1.66. The van der Waals surface area contributed by atoms with Crippen molar-refractivity contribution in [1.82, 2.24) is 9.88 Å². The average Bonchev–Trinajstić information content (AvgIpc) is 2.90. The molecule has 0 saturated carbocycles. The third-order valence-electron chi connectivity index (χ3n) is 4.32. The molecule has 1 heterocycles. The number of hydrogen-bond donors (Lipinski definition) is 2. The van der Waals surface area contributed by atoms with Gasteiger partial charge < -0.3 is 15.2 Å². The lowest BCUT2D eigenvalue weighted by atomic mass is 10.1. The van der Waals surface area contributed by atoms with E-state index in [0.29, 0.717) is 16.6 Å². The molecular weight excluding hydrogens is 352 g/mol. The Bertz CT molecular complexity index is 1010. The van der Waals surface area contributed by atoms with E-state index in [2.05, 4.69) is 10.3 Å². The van der Waals surface area contributed by atoms with Crippen molar-refractivity contribution in [2.24, 2.45) is 0 Å². The van der Waals surface area contributed by atoms with Crippen LogP contribution in [-0.2, 0) is 16.0 Å². The van der Waals surface area contributed by atoms with E-state index in [-0.39, 0.29) is 24.7 Å². The number of H-pyrrole nitrogens is 1. The molecule has 0 spiro atoms. The number of aryl methyl sites for hydroxylation is 1. The molecular formula is C20H19F2N3O2. The highest BCUT2D eigenvalue weighted by Gasteiger charge is 2.18. The van der Waals surface area contributed by atoms with Gasteiger partial charge >= 0.3 is 0 Å². The molecule has 0 fully saturated rings. The topological polar surface area (TPSA) is 65.2 Å². The van der Waals surface area contributed by atoms with Crippen LogP contribution in [0.1, 0.15) is 11.3 Å². The fourth-order valence-corrected chi connectivity index (χ4v) is 2.94. The van der Waals surface area contributed by atoms with Crippen molar-refractivity contribution in [3.63, 3.8) is 0 Å². The summed E-state index contributed by atoms with van der Waals surface area (Å²) >= 11 is 0. The first kappa shape index (κ1) is 18.6. The summed E-state index contributed by atoms with van der Waals surface area (Å²) in [5.74, 6) is -1.55. The summed E-state index contributed by atoms with van der Waals surface area (Å²) in [4.78, 5) is 29.0. The molecule has 7 heteroatoms. The Morgan fingerprint density at radius 3 is 2.59 bits per heavy atom. The highest BCUT2D eigenvalue weighted by molar-refractivity contribution is 5.95. The Morgan fingerprint density at radius 2 is 1.85 bits per heavy atom. The third-order valence-corrected chi connectivity index (χ3v) is 4.32. The lowest BCUT2D eigenvalue weighted by Crippen LogP contribution is -2.35. The first-order chi connectivity index (χ1) is 12.8. The van der Waals surface area contributed by atoms with Crippen LogP contribution < -0.4 is 5.32 Å².